The van der Waals surface area contributed by atoms with E-state index in [-0.39, 0.29) is 0 Å². The van der Waals surface area contributed by atoms with E-state index in [1.54, 1.807) is 6.26 Å². The summed E-state index contributed by atoms with van der Waals surface area (Å²) in [6, 6.07) is 49.7. The van der Waals surface area contributed by atoms with E-state index >= 15 is 0 Å². The maximum absolute atomic E-state index is 6.46. The molecule has 0 amide bonds. The lowest BCUT2D eigenvalue weighted by atomic mass is 9.85. The Hall–Kier alpha value is -5.60. The molecule has 9 aromatic rings. The van der Waals surface area contributed by atoms with Gasteiger partial charge in [0.2, 0.25) is 0 Å². The number of hydrogen-bond acceptors (Lipinski definition) is 2. The molecule has 2 aromatic heterocycles. The number of benzene rings is 7. The van der Waals surface area contributed by atoms with Crippen LogP contribution >= 0.6 is 0 Å². The third-order valence-electron chi connectivity index (χ3n) is 8.55. The summed E-state index contributed by atoms with van der Waals surface area (Å²) in [5.41, 5.74) is 9.83. The van der Waals surface area contributed by atoms with Crippen LogP contribution in [0.2, 0.25) is 0 Å². The van der Waals surface area contributed by atoms with Crippen LogP contribution in [0, 0.1) is 0 Å². The van der Waals surface area contributed by atoms with Gasteiger partial charge in [-0.05, 0) is 67.6 Å². The Bertz CT molecular complexity index is 2380. The lowest BCUT2D eigenvalue weighted by Crippen LogP contribution is -1.90. The molecule has 0 bridgehead atoms. The van der Waals surface area contributed by atoms with E-state index in [0.29, 0.717) is 0 Å². The smallest absolute Gasteiger partial charge is 0.143 e. The van der Waals surface area contributed by atoms with Crippen molar-refractivity contribution in [2.45, 2.75) is 0 Å². The fraction of sp³-hybridized carbons (Fsp3) is 0. The van der Waals surface area contributed by atoms with Crippen molar-refractivity contribution in [3.05, 3.63) is 146 Å². The average Bonchev–Trinajstić information content (AvgIpc) is 3.66. The second-order valence-electron chi connectivity index (χ2n) is 10.9. The lowest BCUT2D eigenvalue weighted by Gasteiger charge is -2.18. The van der Waals surface area contributed by atoms with Crippen molar-refractivity contribution in [3.8, 4) is 33.4 Å². The highest BCUT2D eigenvalue weighted by Crippen LogP contribution is 2.44. The first-order valence-electron chi connectivity index (χ1n) is 14.3. The molecule has 0 saturated carbocycles. The van der Waals surface area contributed by atoms with Crippen LogP contribution in [0.3, 0.4) is 0 Å². The zero-order valence-corrected chi connectivity index (χ0v) is 22.7. The minimum Gasteiger partial charge on any atom is -0.464 e. The third kappa shape index (κ3) is 3.39. The molecule has 0 atom stereocenters. The summed E-state index contributed by atoms with van der Waals surface area (Å²) in [5, 5.41) is 8.25. The van der Waals surface area contributed by atoms with E-state index in [2.05, 4.69) is 133 Å². The van der Waals surface area contributed by atoms with Gasteiger partial charge in [-0.1, -0.05) is 121 Å². The summed E-state index contributed by atoms with van der Waals surface area (Å²) < 4.78 is 12.1. The number of hydrogen-bond donors (Lipinski definition) is 0. The SMILES string of the molecule is c1ccc(-c2c3ccccc3c(-c3ccc(-c4cccc5c4oc4cc6ccoc6cc45)cc3)c3ccccc23)cc1. The van der Waals surface area contributed by atoms with Crippen molar-refractivity contribution >= 4 is 54.5 Å². The molecule has 42 heavy (non-hydrogen) atoms. The Balaban J connectivity index is 1.24. The normalized spacial score (nSPS) is 11.8. The molecule has 2 nitrogen and oxygen atoms in total. The van der Waals surface area contributed by atoms with Crippen molar-refractivity contribution in [2.24, 2.45) is 0 Å². The molecule has 0 aliphatic carbocycles. The van der Waals surface area contributed by atoms with Crippen LogP contribution in [0.25, 0.3) is 87.8 Å². The standard InChI is InChI=1S/C40H24O2/c1-2-9-26(10-3-1)38-30-11-4-6-13-32(30)39(33-14-7-5-12-31(33)38)27-19-17-25(18-20-27)29-15-8-16-34-35-24-36-28(21-22-41-36)23-37(35)42-40(29)34/h1-24H. The van der Waals surface area contributed by atoms with Crippen LogP contribution in [0.15, 0.2) is 155 Å². The first-order chi connectivity index (χ1) is 20.8. The number of furan rings is 2. The number of para-hydroxylation sites is 1. The van der Waals surface area contributed by atoms with Gasteiger partial charge in [0.05, 0.1) is 6.26 Å². The van der Waals surface area contributed by atoms with Crippen molar-refractivity contribution in [1.29, 1.82) is 0 Å². The second-order valence-corrected chi connectivity index (χ2v) is 10.9. The molecule has 7 aromatic carbocycles. The van der Waals surface area contributed by atoms with Crippen molar-refractivity contribution < 1.29 is 8.83 Å². The third-order valence-corrected chi connectivity index (χ3v) is 8.55. The van der Waals surface area contributed by atoms with Gasteiger partial charge in [-0.2, -0.15) is 0 Å². The van der Waals surface area contributed by atoms with E-state index in [9.17, 15) is 0 Å². The molecule has 196 valence electrons. The van der Waals surface area contributed by atoms with Crippen molar-refractivity contribution in [2.75, 3.05) is 0 Å². The maximum atomic E-state index is 6.46. The minimum atomic E-state index is 0.873. The highest BCUT2D eigenvalue weighted by atomic mass is 16.3. The van der Waals surface area contributed by atoms with Crippen LogP contribution in [0.5, 0.6) is 0 Å². The largest absolute Gasteiger partial charge is 0.464 e. The fourth-order valence-electron chi connectivity index (χ4n) is 6.65. The van der Waals surface area contributed by atoms with Gasteiger partial charge in [-0.15, -0.1) is 0 Å². The summed E-state index contributed by atoms with van der Waals surface area (Å²) in [6.45, 7) is 0. The van der Waals surface area contributed by atoms with Crippen LogP contribution in [-0.2, 0) is 0 Å². The average molecular weight is 537 g/mol. The highest BCUT2D eigenvalue weighted by Gasteiger charge is 2.17. The first kappa shape index (κ1) is 23.1. The van der Waals surface area contributed by atoms with E-state index in [1.807, 2.05) is 6.07 Å². The van der Waals surface area contributed by atoms with Gasteiger partial charge in [0.1, 0.15) is 16.7 Å². The molecule has 0 fully saturated rings. The van der Waals surface area contributed by atoms with E-state index in [4.69, 9.17) is 8.83 Å². The van der Waals surface area contributed by atoms with Crippen LogP contribution in [-0.4, -0.2) is 0 Å². The molecule has 0 aliphatic rings. The van der Waals surface area contributed by atoms with Crippen LogP contribution in [0.1, 0.15) is 0 Å². The summed E-state index contributed by atoms with van der Waals surface area (Å²) in [4.78, 5) is 0. The van der Waals surface area contributed by atoms with Gasteiger partial charge < -0.3 is 8.83 Å². The van der Waals surface area contributed by atoms with Gasteiger partial charge in [0.15, 0.2) is 0 Å². The van der Waals surface area contributed by atoms with E-state index in [0.717, 1.165) is 44.0 Å². The molecular weight excluding hydrogens is 512 g/mol. The second kappa shape index (κ2) is 8.95. The van der Waals surface area contributed by atoms with Crippen LogP contribution in [0.4, 0.5) is 0 Å². The summed E-state index contributed by atoms with van der Waals surface area (Å²) in [5.74, 6) is 0. The molecule has 0 unspecified atom stereocenters. The molecule has 0 radical (unpaired) electrons. The van der Waals surface area contributed by atoms with Gasteiger partial charge in [0.25, 0.3) is 0 Å². The highest BCUT2D eigenvalue weighted by molar-refractivity contribution is 6.21. The Kier molecular flexibility index (Phi) is 4.93. The molecule has 0 aliphatic heterocycles. The zero-order chi connectivity index (χ0) is 27.6. The van der Waals surface area contributed by atoms with Gasteiger partial charge in [0, 0.05) is 21.7 Å². The van der Waals surface area contributed by atoms with Gasteiger partial charge >= 0.3 is 0 Å². The Morgan fingerprint density at radius 1 is 0.381 bits per heavy atom. The van der Waals surface area contributed by atoms with Crippen LogP contribution < -0.4 is 0 Å². The molecule has 9 rings (SSSR count). The fourth-order valence-corrected chi connectivity index (χ4v) is 6.65. The molecule has 2 heteroatoms. The van der Waals surface area contributed by atoms with Gasteiger partial charge in [-0.25, -0.2) is 0 Å². The summed E-state index contributed by atoms with van der Waals surface area (Å²) in [6.07, 6.45) is 1.72. The lowest BCUT2D eigenvalue weighted by molar-refractivity contribution is 0.616. The molecular formula is C40H24O2. The van der Waals surface area contributed by atoms with Crippen molar-refractivity contribution in [1.82, 2.24) is 0 Å². The predicted molar refractivity (Wildman–Crippen MR) is 175 cm³/mol. The monoisotopic (exact) mass is 536 g/mol. The molecule has 2 heterocycles. The first-order valence-corrected chi connectivity index (χ1v) is 14.3. The number of fused-ring (bicyclic) bond motifs is 6. The predicted octanol–water partition coefficient (Wildman–Crippen LogP) is 11.6. The van der Waals surface area contributed by atoms with Gasteiger partial charge in [-0.3, -0.25) is 0 Å². The maximum Gasteiger partial charge on any atom is 0.143 e. The molecule has 0 spiro atoms. The van der Waals surface area contributed by atoms with E-state index in [1.165, 1.54) is 43.8 Å². The zero-order valence-electron chi connectivity index (χ0n) is 22.7. The van der Waals surface area contributed by atoms with E-state index < -0.39 is 0 Å². The summed E-state index contributed by atoms with van der Waals surface area (Å²) in [7, 11) is 0. The molecule has 0 N–H and O–H groups in total. The Morgan fingerprint density at radius 2 is 0.952 bits per heavy atom. The summed E-state index contributed by atoms with van der Waals surface area (Å²) >= 11 is 0. The number of rotatable bonds is 3. The topological polar surface area (TPSA) is 26.3 Å². The quantitative estimate of drug-likeness (QED) is 0.210. The Morgan fingerprint density at radius 3 is 1.62 bits per heavy atom. The van der Waals surface area contributed by atoms with Crippen molar-refractivity contribution in [3.63, 3.8) is 0 Å². The Labute approximate surface area is 242 Å². The minimum absolute atomic E-state index is 0.873. The molecule has 0 saturated heterocycles.